The number of ether oxygens (including phenoxy) is 1. The average Bonchev–Trinajstić information content (AvgIpc) is 2.85. The lowest BCUT2D eigenvalue weighted by Gasteiger charge is -2.24. The third-order valence-electron chi connectivity index (χ3n) is 5.91. The van der Waals surface area contributed by atoms with Crippen molar-refractivity contribution < 1.29 is 14.3 Å². The van der Waals surface area contributed by atoms with Crippen molar-refractivity contribution in [2.24, 2.45) is 22.7 Å². The smallest absolute Gasteiger partial charge is 0.270 e. The normalized spacial score (nSPS) is 12.4. The Morgan fingerprint density at radius 3 is 2.18 bits per heavy atom. The van der Waals surface area contributed by atoms with Gasteiger partial charge in [-0.15, -0.1) is 0 Å². The standard InChI is InChI=1S/C28H43N7O3S/c1-16-10-11-17(12-21(16)35(31)24(30)22(29)26(37)32-15-27(2,3)4)25(36)33-19-13-18(28(5,6)7)14-20(34-39-9)23(19)38-8/h10-14,34H,15,29-31H2,1-9H3,(H,32,37)(H,33,36)/b24-22-. The summed E-state index contributed by atoms with van der Waals surface area (Å²) in [7, 11) is 1.56. The molecule has 0 atom stereocenters. The van der Waals surface area contributed by atoms with Crippen LogP contribution in [0.4, 0.5) is 17.1 Å². The van der Waals surface area contributed by atoms with E-state index in [1.165, 1.54) is 11.9 Å². The molecule has 0 unspecified atom stereocenters. The molecule has 11 heteroatoms. The summed E-state index contributed by atoms with van der Waals surface area (Å²) in [4.78, 5) is 25.9. The summed E-state index contributed by atoms with van der Waals surface area (Å²) in [6.07, 6.45) is 1.91. The van der Waals surface area contributed by atoms with E-state index in [9.17, 15) is 9.59 Å². The minimum absolute atomic E-state index is 0.130. The number of methoxy groups -OCH3 is 1. The van der Waals surface area contributed by atoms with Crippen LogP contribution in [0.3, 0.4) is 0 Å². The Hall–Kier alpha value is -3.57. The van der Waals surface area contributed by atoms with E-state index in [0.29, 0.717) is 29.2 Å². The molecule has 0 aromatic heterocycles. The molecule has 0 radical (unpaired) electrons. The molecule has 0 saturated carbocycles. The van der Waals surface area contributed by atoms with E-state index in [0.717, 1.165) is 21.8 Å². The first-order chi connectivity index (χ1) is 18.0. The molecule has 0 aliphatic heterocycles. The van der Waals surface area contributed by atoms with E-state index < -0.39 is 5.91 Å². The highest BCUT2D eigenvalue weighted by molar-refractivity contribution is 7.99. The van der Waals surface area contributed by atoms with E-state index >= 15 is 0 Å². The average molecular weight is 558 g/mol. The lowest BCUT2D eigenvalue weighted by molar-refractivity contribution is -0.118. The van der Waals surface area contributed by atoms with Gasteiger partial charge in [-0.3, -0.25) is 14.6 Å². The minimum atomic E-state index is -0.523. The number of amides is 2. The molecule has 0 heterocycles. The third-order valence-corrected chi connectivity index (χ3v) is 6.33. The van der Waals surface area contributed by atoms with Gasteiger partial charge in [0.2, 0.25) is 0 Å². The summed E-state index contributed by atoms with van der Waals surface area (Å²) >= 11 is 1.43. The second kappa shape index (κ2) is 12.5. The second-order valence-electron chi connectivity index (χ2n) is 11.5. The van der Waals surface area contributed by atoms with Crippen molar-refractivity contribution in [3.05, 3.63) is 58.5 Å². The number of rotatable bonds is 9. The number of nitrogens with zero attached hydrogens (tertiary/aromatic N) is 1. The number of carbonyl (C=O) groups is 2. The van der Waals surface area contributed by atoms with Crippen molar-refractivity contribution in [3.63, 3.8) is 0 Å². The van der Waals surface area contributed by atoms with Crippen LogP contribution in [0.15, 0.2) is 41.8 Å². The molecule has 10 nitrogen and oxygen atoms in total. The molecule has 9 N–H and O–H groups in total. The number of hydrogen-bond donors (Lipinski definition) is 6. The van der Waals surface area contributed by atoms with Crippen LogP contribution in [-0.4, -0.2) is 31.7 Å². The van der Waals surface area contributed by atoms with Crippen molar-refractivity contribution in [2.45, 2.75) is 53.9 Å². The topological polar surface area (TPSA) is 161 Å². The van der Waals surface area contributed by atoms with Crippen molar-refractivity contribution in [2.75, 3.05) is 35.0 Å². The Balaban J connectivity index is 2.42. The predicted molar refractivity (Wildman–Crippen MR) is 162 cm³/mol. The molecule has 0 saturated heterocycles. The van der Waals surface area contributed by atoms with Crippen LogP contribution in [0.2, 0.25) is 0 Å². The summed E-state index contributed by atoms with van der Waals surface area (Å²) in [6.45, 7) is 14.5. The number of nitrogens with two attached hydrogens (primary N) is 3. The van der Waals surface area contributed by atoms with Gasteiger partial charge in [0.05, 0.1) is 24.2 Å². The van der Waals surface area contributed by atoms with Crippen LogP contribution in [-0.2, 0) is 10.2 Å². The maximum absolute atomic E-state index is 13.4. The number of hydrogen-bond acceptors (Lipinski definition) is 9. The molecule has 0 bridgehead atoms. The molecular weight excluding hydrogens is 514 g/mol. The predicted octanol–water partition coefficient (Wildman–Crippen LogP) is 4.17. The first-order valence-corrected chi connectivity index (χ1v) is 13.7. The highest BCUT2D eigenvalue weighted by Crippen LogP contribution is 2.39. The Kier molecular flexibility index (Phi) is 10.2. The van der Waals surface area contributed by atoms with Crippen LogP contribution in [0.5, 0.6) is 5.75 Å². The summed E-state index contributed by atoms with van der Waals surface area (Å²) in [6, 6.07) is 8.95. The van der Waals surface area contributed by atoms with E-state index in [1.54, 1.807) is 25.3 Å². The molecule has 0 fully saturated rings. The highest BCUT2D eigenvalue weighted by atomic mass is 32.2. The zero-order valence-corrected chi connectivity index (χ0v) is 25.2. The number of hydrazine groups is 1. The van der Waals surface area contributed by atoms with Crippen molar-refractivity contribution in [3.8, 4) is 5.75 Å². The number of benzene rings is 2. The molecule has 2 aromatic rings. The fourth-order valence-corrected chi connectivity index (χ4v) is 3.95. The summed E-state index contributed by atoms with van der Waals surface area (Å²) < 4.78 is 8.87. The van der Waals surface area contributed by atoms with Crippen molar-refractivity contribution in [1.29, 1.82) is 0 Å². The number of carbonyl (C=O) groups excluding carboxylic acids is 2. The van der Waals surface area contributed by atoms with Gasteiger partial charge < -0.3 is 31.6 Å². The molecule has 39 heavy (non-hydrogen) atoms. The molecule has 214 valence electrons. The summed E-state index contributed by atoms with van der Waals surface area (Å²) in [5, 5.41) is 6.84. The van der Waals surface area contributed by atoms with E-state index in [4.69, 9.17) is 22.0 Å². The zero-order valence-electron chi connectivity index (χ0n) is 24.4. The molecule has 2 aromatic carbocycles. The molecule has 0 aliphatic carbocycles. The van der Waals surface area contributed by atoms with Gasteiger partial charge in [-0.1, -0.05) is 59.6 Å². The first kappa shape index (κ1) is 31.6. The fraction of sp³-hybridized carbons (Fsp3) is 0.429. The first-order valence-electron chi connectivity index (χ1n) is 12.5. The Morgan fingerprint density at radius 2 is 1.64 bits per heavy atom. The molecular formula is C28H43N7O3S. The fourth-order valence-electron chi connectivity index (χ4n) is 3.58. The number of aryl methyl sites for hydroxylation is 1. The maximum atomic E-state index is 13.4. The van der Waals surface area contributed by atoms with Crippen molar-refractivity contribution >= 4 is 40.8 Å². The van der Waals surface area contributed by atoms with Crippen LogP contribution in [0.25, 0.3) is 0 Å². The highest BCUT2D eigenvalue weighted by Gasteiger charge is 2.23. The van der Waals surface area contributed by atoms with Gasteiger partial charge in [-0.25, -0.2) is 5.84 Å². The van der Waals surface area contributed by atoms with Gasteiger partial charge in [0.1, 0.15) is 11.5 Å². The SMILES string of the molecule is COc1c(NSC)cc(C(C)(C)C)cc1NC(=O)c1ccc(C)c(N(N)/C(N)=C(\N)C(=O)NCC(C)(C)C)c1. The van der Waals surface area contributed by atoms with Crippen LogP contribution in [0, 0.1) is 12.3 Å². The van der Waals surface area contributed by atoms with Gasteiger partial charge in [-0.2, -0.15) is 0 Å². The Morgan fingerprint density at radius 1 is 1.03 bits per heavy atom. The van der Waals surface area contributed by atoms with E-state index in [2.05, 4.69) is 36.1 Å². The molecule has 0 spiro atoms. The minimum Gasteiger partial charge on any atom is -0.492 e. The van der Waals surface area contributed by atoms with Crippen LogP contribution < -0.4 is 42.4 Å². The Bertz CT molecular complexity index is 1250. The van der Waals surface area contributed by atoms with Crippen molar-refractivity contribution in [1.82, 2.24) is 5.32 Å². The molecule has 0 aliphatic rings. The lowest BCUT2D eigenvalue weighted by atomic mass is 9.86. The number of nitrogens with one attached hydrogen (secondary N) is 3. The summed E-state index contributed by atoms with van der Waals surface area (Å²) in [5.74, 6) is 5.76. The second-order valence-corrected chi connectivity index (χ2v) is 12.1. The number of anilines is 3. The van der Waals surface area contributed by atoms with Gasteiger partial charge in [0.25, 0.3) is 11.8 Å². The van der Waals surface area contributed by atoms with Crippen LogP contribution >= 0.6 is 11.9 Å². The van der Waals surface area contributed by atoms with Gasteiger partial charge in [0.15, 0.2) is 5.75 Å². The van der Waals surface area contributed by atoms with Gasteiger partial charge in [-0.05, 0) is 53.1 Å². The van der Waals surface area contributed by atoms with E-state index in [1.807, 2.05) is 46.1 Å². The Labute approximate surface area is 236 Å². The zero-order chi connectivity index (χ0) is 29.7. The van der Waals surface area contributed by atoms with E-state index in [-0.39, 0.29) is 28.3 Å². The maximum Gasteiger partial charge on any atom is 0.270 e. The largest absolute Gasteiger partial charge is 0.492 e. The monoisotopic (exact) mass is 557 g/mol. The van der Waals surface area contributed by atoms with Crippen LogP contribution in [0.1, 0.15) is 63.0 Å². The molecule has 2 amide bonds. The third kappa shape index (κ3) is 8.21. The van der Waals surface area contributed by atoms with Gasteiger partial charge in [0, 0.05) is 18.4 Å². The molecule has 2 rings (SSSR count). The van der Waals surface area contributed by atoms with Gasteiger partial charge >= 0.3 is 0 Å². The quantitative estimate of drug-likeness (QED) is 0.115. The lowest BCUT2D eigenvalue weighted by Crippen LogP contribution is -2.42. The summed E-state index contributed by atoms with van der Waals surface area (Å²) in [5.41, 5.74) is 15.5.